The first-order valence-corrected chi connectivity index (χ1v) is 8.58. The smallest absolute Gasteiger partial charge is 0.241 e. The van der Waals surface area contributed by atoms with Crippen molar-refractivity contribution in [1.29, 1.82) is 0 Å². The summed E-state index contributed by atoms with van der Waals surface area (Å²) in [5, 5.41) is 3.26. The van der Waals surface area contributed by atoms with Crippen LogP contribution in [0.1, 0.15) is 66.2 Å². The first kappa shape index (κ1) is 16.8. The molecule has 0 spiro atoms. The Bertz CT molecular complexity index is 383. The van der Waals surface area contributed by atoms with Gasteiger partial charge in [0.2, 0.25) is 5.91 Å². The van der Waals surface area contributed by atoms with Crippen molar-refractivity contribution in [3.8, 4) is 0 Å². The molecule has 2 fully saturated rings. The predicted octanol–water partition coefficient (Wildman–Crippen LogP) is 2.60. The topological polar surface area (TPSA) is 64.3 Å². The van der Waals surface area contributed by atoms with Crippen LogP contribution < -0.4 is 11.1 Å². The Balaban J connectivity index is 2.00. The molecule has 2 aliphatic carbocycles. The van der Waals surface area contributed by atoms with Gasteiger partial charge in [-0.05, 0) is 25.7 Å². The van der Waals surface area contributed by atoms with Gasteiger partial charge >= 0.3 is 0 Å². The van der Waals surface area contributed by atoms with Gasteiger partial charge in [-0.25, -0.2) is 0 Å². The van der Waals surface area contributed by atoms with E-state index < -0.39 is 5.54 Å². The van der Waals surface area contributed by atoms with Crippen LogP contribution in [0, 0.1) is 11.3 Å². The fraction of sp³-hybridized carbons (Fsp3) is 0.941. The Morgan fingerprint density at radius 3 is 2.52 bits per heavy atom. The van der Waals surface area contributed by atoms with Crippen molar-refractivity contribution in [3.63, 3.8) is 0 Å². The number of carbonyl (C=O) groups is 1. The third-order valence-corrected chi connectivity index (χ3v) is 5.99. The zero-order chi connectivity index (χ0) is 15.7. The van der Waals surface area contributed by atoms with Crippen LogP contribution in [0.5, 0.6) is 0 Å². The fourth-order valence-corrected chi connectivity index (χ4v) is 4.00. The second-order valence-electron chi connectivity index (χ2n) is 7.37. The lowest BCUT2D eigenvalue weighted by atomic mass is 9.54. The van der Waals surface area contributed by atoms with E-state index in [0.717, 1.165) is 12.8 Å². The molecule has 4 unspecified atom stereocenters. The quantitative estimate of drug-likeness (QED) is 0.819. The van der Waals surface area contributed by atoms with Crippen LogP contribution in [0.25, 0.3) is 0 Å². The summed E-state index contributed by atoms with van der Waals surface area (Å²) in [6.45, 7) is 8.97. The minimum absolute atomic E-state index is 0.0220. The van der Waals surface area contributed by atoms with Gasteiger partial charge in [0.25, 0.3) is 0 Å². The van der Waals surface area contributed by atoms with E-state index in [2.05, 4.69) is 26.1 Å². The summed E-state index contributed by atoms with van der Waals surface area (Å²) in [4.78, 5) is 12.8. The Labute approximate surface area is 129 Å². The normalized spacial score (nSPS) is 38.6. The lowest BCUT2D eigenvalue weighted by molar-refractivity contribution is -0.171. The minimum atomic E-state index is -0.789. The van der Waals surface area contributed by atoms with Gasteiger partial charge in [-0.3, -0.25) is 4.79 Å². The SMILES string of the molecule is CCOC1CC(N)(C(=O)NC2CCCCC2CC)C1(C)C. The summed E-state index contributed by atoms with van der Waals surface area (Å²) in [7, 11) is 0. The molecule has 21 heavy (non-hydrogen) atoms. The fourth-order valence-electron chi connectivity index (χ4n) is 4.00. The van der Waals surface area contributed by atoms with Crippen molar-refractivity contribution in [2.75, 3.05) is 6.61 Å². The van der Waals surface area contributed by atoms with Crippen LogP contribution in [0.3, 0.4) is 0 Å². The molecule has 3 N–H and O–H groups in total. The molecule has 122 valence electrons. The molecular weight excluding hydrogens is 264 g/mol. The van der Waals surface area contributed by atoms with Crippen LogP contribution in [0.2, 0.25) is 0 Å². The van der Waals surface area contributed by atoms with Crippen LogP contribution >= 0.6 is 0 Å². The summed E-state index contributed by atoms with van der Waals surface area (Å²) >= 11 is 0. The predicted molar refractivity (Wildman–Crippen MR) is 84.9 cm³/mol. The van der Waals surface area contributed by atoms with Gasteiger partial charge in [0, 0.05) is 24.5 Å². The van der Waals surface area contributed by atoms with Crippen molar-refractivity contribution >= 4 is 5.91 Å². The monoisotopic (exact) mass is 296 g/mol. The van der Waals surface area contributed by atoms with Gasteiger partial charge in [0.15, 0.2) is 0 Å². The number of ether oxygens (including phenoxy) is 1. The molecule has 0 aromatic carbocycles. The molecule has 4 heteroatoms. The van der Waals surface area contributed by atoms with Crippen molar-refractivity contribution in [2.24, 2.45) is 17.1 Å². The maximum absolute atomic E-state index is 12.8. The third kappa shape index (κ3) is 2.85. The van der Waals surface area contributed by atoms with E-state index in [1.54, 1.807) is 0 Å². The number of hydrogen-bond donors (Lipinski definition) is 2. The summed E-state index contributed by atoms with van der Waals surface area (Å²) in [6.07, 6.45) is 6.67. The number of amides is 1. The highest BCUT2D eigenvalue weighted by Crippen LogP contribution is 2.50. The van der Waals surface area contributed by atoms with E-state index in [4.69, 9.17) is 10.5 Å². The van der Waals surface area contributed by atoms with Gasteiger partial charge < -0.3 is 15.8 Å². The second kappa shape index (κ2) is 6.25. The lowest BCUT2D eigenvalue weighted by Crippen LogP contribution is -2.76. The first-order chi connectivity index (χ1) is 9.86. The average Bonchev–Trinajstić information content (AvgIpc) is 2.47. The van der Waals surface area contributed by atoms with Crippen molar-refractivity contribution in [2.45, 2.75) is 83.9 Å². The van der Waals surface area contributed by atoms with E-state index in [-0.39, 0.29) is 17.4 Å². The van der Waals surface area contributed by atoms with Crippen molar-refractivity contribution in [1.82, 2.24) is 5.32 Å². The van der Waals surface area contributed by atoms with Gasteiger partial charge in [-0.15, -0.1) is 0 Å². The molecule has 2 aliphatic rings. The largest absolute Gasteiger partial charge is 0.378 e. The molecule has 0 aliphatic heterocycles. The molecular formula is C17H32N2O2. The maximum atomic E-state index is 12.8. The van der Waals surface area contributed by atoms with Gasteiger partial charge in [-0.1, -0.05) is 40.0 Å². The summed E-state index contributed by atoms with van der Waals surface area (Å²) in [5.74, 6) is 0.631. The Morgan fingerprint density at radius 1 is 1.29 bits per heavy atom. The molecule has 2 saturated carbocycles. The highest BCUT2D eigenvalue weighted by molar-refractivity contribution is 5.89. The first-order valence-electron chi connectivity index (χ1n) is 8.58. The molecule has 4 atom stereocenters. The van der Waals surface area contributed by atoms with Gasteiger partial charge in [-0.2, -0.15) is 0 Å². The number of rotatable bonds is 5. The Hall–Kier alpha value is -0.610. The van der Waals surface area contributed by atoms with E-state index >= 15 is 0 Å². The van der Waals surface area contributed by atoms with E-state index in [1.807, 2.05) is 6.92 Å². The van der Waals surface area contributed by atoms with Crippen LogP contribution in [-0.4, -0.2) is 30.2 Å². The Morgan fingerprint density at radius 2 is 1.95 bits per heavy atom. The van der Waals surface area contributed by atoms with Crippen molar-refractivity contribution < 1.29 is 9.53 Å². The van der Waals surface area contributed by atoms with E-state index in [0.29, 0.717) is 25.0 Å². The summed E-state index contributed by atoms with van der Waals surface area (Å²) < 4.78 is 5.71. The van der Waals surface area contributed by atoms with E-state index in [1.165, 1.54) is 19.3 Å². The average molecular weight is 296 g/mol. The molecule has 4 nitrogen and oxygen atoms in total. The summed E-state index contributed by atoms with van der Waals surface area (Å²) in [5.41, 5.74) is 5.37. The van der Waals surface area contributed by atoms with Crippen molar-refractivity contribution in [3.05, 3.63) is 0 Å². The molecule has 0 heterocycles. The third-order valence-electron chi connectivity index (χ3n) is 5.99. The zero-order valence-corrected chi connectivity index (χ0v) is 14.1. The molecule has 0 aromatic heterocycles. The lowest BCUT2D eigenvalue weighted by Gasteiger charge is -2.58. The number of carbonyl (C=O) groups excluding carboxylic acids is 1. The molecule has 2 rings (SSSR count). The highest BCUT2D eigenvalue weighted by atomic mass is 16.5. The molecule has 0 radical (unpaired) electrons. The highest BCUT2D eigenvalue weighted by Gasteiger charge is 2.63. The maximum Gasteiger partial charge on any atom is 0.241 e. The van der Waals surface area contributed by atoms with E-state index in [9.17, 15) is 4.79 Å². The zero-order valence-electron chi connectivity index (χ0n) is 14.1. The van der Waals surface area contributed by atoms with Crippen LogP contribution in [-0.2, 0) is 9.53 Å². The van der Waals surface area contributed by atoms with Gasteiger partial charge in [0.1, 0.15) is 5.54 Å². The van der Waals surface area contributed by atoms with Gasteiger partial charge in [0.05, 0.1) is 6.10 Å². The summed E-state index contributed by atoms with van der Waals surface area (Å²) in [6, 6.07) is 0.304. The molecule has 1 amide bonds. The standard InChI is InChI=1S/C17H32N2O2/c1-5-12-9-7-8-10-13(12)19-15(20)17(18)11-14(21-6-2)16(17,3)4/h12-14H,5-11,18H2,1-4H3,(H,19,20). The molecule has 0 saturated heterocycles. The number of nitrogens with one attached hydrogen (secondary N) is 1. The molecule has 0 aromatic rings. The minimum Gasteiger partial charge on any atom is -0.378 e. The Kier molecular flexibility index (Phi) is 4.99. The molecule has 0 bridgehead atoms. The van der Waals surface area contributed by atoms with Crippen LogP contribution in [0.4, 0.5) is 0 Å². The number of nitrogens with two attached hydrogens (primary N) is 1. The number of hydrogen-bond acceptors (Lipinski definition) is 3. The second-order valence-corrected chi connectivity index (χ2v) is 7.37. The van der Waals surface area contributed by atoms with Crippen LogP contribution in [0.15, 0.2) is 0 Å².